The van der Waals surface area contributed by atoms with E-state index in [2.05, 4.69) is 24.1 Å². The third-order valence-electron chi connectivity index (χ3n) is 3.79. The summed E-state index contributed by atoms with van der Waals surface area (Å²) >= 11 is 0. The molecule has 7 heteroatoms. The Morgan fingerprint density at radius 1 is 1.26 bits per heavy atom. The van der Waals surface area contributed by atoms with Gasteiger partial charge < -0.3 is 5.32 Å². The lowest BCUT2D eigenvalue weighted by Crippen LogP contribution is -2.38. The van der Waals surface area contributed by atoms with E-state index in [1.165, 1.54) is 18.7 Å². The van der Waals surface area contributed by atoms with Crippen LogP contribution in [0.15, 0.2) is 15.7 Å². The van der Waals surface area contributed by atoms with Gasteiger partial charge in [0.2, 0.25) is 0 Å². The first-order valence-electron chi connectivity index (χ1n) is 7.59. The summed E-state index contributed by atoms with van der Waals surface area (Å²) in [5.41, 5.74) is 0.0886. The summed E-state index contributed by atoms with van der Waals surface area (Å²) in [5.74, 6) is 0.150. The number of nitrogens with zero attached hydrogens (tertiary/aromatic N) is 3. The van der Waals surface area contributed by atoms with Crippen molar-refractivity contribution in [2.24, 2.45) is 20.0 Å². The van der Waals surface area contributed by atoms with Crippen molar-refractivity contribution in [3.63, 3.8) is 0 Å². The molecule has 2 rings (SSSR count). The van der Waals surface area contributed by atoms with E-state index in [1.807, 2.05) is 0 Å². The second kappa shape index (κ2) is 6.36. The first kappa shape index (κ1) is 16.9. The summed E-state index contributed by atoms with van der Waals surface area (Å²) in [6, 6.07) is 1.58. The van der Waals surface area contributed by atoms with Gasteiger partial charge in [-0.15, -0.1) is 0 Å². The molecule has 124 valence electrons. The van der Waals surface area contributed by atoms with Crippen molar-refractivity contribution in [3.8, 4) is 0 Å². The number of hydrogen-bond acceptors (Lipinski definition) is 4. The Balaban J connectivity index is 2.63. The molecule has 0 aromatic carbocycles. The molecule has 2 aromatic heterocycles. The fourth-order valence-electron chi connectivity index (χ4n) is 2.43. The zero-order valence-corrected chi connectivity index (χ0v) is 14.1. The summed E-state index contributed by atoms with van der Waals surface area (Å²) in [7, 11) is 2.93. The molecule has 0 saturated heterocycles. The monoisotopic (exact) mass is 318 g/mol. The predicted molar refractivity (Wildman–Crippen MR) is 88.8 cm³/mol. The van der Waals surface area contributed by atoms with Gasteiger partial charge in [0.1, 0.15) is 5.65 Å². The second-order valence-electron chi connectivity index (χ2n) is 6.15. The van der Waals surface area contributed by atoms with Crippen LogP contribution in [0.4, 0.5) is 0 Å². The average molecular weight is 318 g/mol. The molecule has 0 aliphatic carbocycles. The van der Waals surface area contributed by atoms with Crippen LogP contribution in [-0.4, -0.2) is 26.6 Å². The maximum Gasteiger partial charge on any atom is 0.332 e. The van der Waals surface area contributed by atoms with Crippen molar-refractivity contribution in [1.29, 1.82) is 0 Å². The van der Waals surface area contributed by atoms with E-state index >= 15 is 0 Å². The van der Waals surface area contributed by atoms with Gasteiger partial charge in [-0.25, -0.2) is 9.78 Å². The highest BCUT2D eigenvalue weighted by molar-refractivity contribution is 6.05. The Morgan fingerprint density at radius 2 is 1.91 bits per heavy atom. The molecule has 2 aromatic rings. The smallest absolute Gasteiger partial charge is 0.332 e. The molecule has 1 amide bonds. The fourth-order valence-corrected chi connectivity index (χ4v) is 2.43. The predicted octanol–water partition coefficient (Wildman–Crippen LogP) is 0.717. The van der Waals surface area contributed by atoms with Gasteiger partial charge in [-0.2, -0.15) is 0 Å². The van der Waals surface area contributed by atoms with Crippen molar-refractivity contribution < 1.29 is 4.79 Å². The number of carbonyl (C=O) groups is 1. The molecule has 23 heavy (non-hydrogen) atoms. The number of carbonyl (C=O) groups excluding carboxylic acids is 1. The van der Waals surface area contributed by atoms with E-state index in [1.54, 1.807) is 13.0 Å². The average Bonchev–Trinajstić information content (AvgIpc) is 2.49. The third kappa shape index (κ3) is 3.18. The third-order valence-corrected chi connectivity index (χ3v) is 3.79. The van der Waals surface area contributed by atoms with Crippen LogP contribution in [0.5, 0.6) is 0 Å². The molecule has 7 nitrogen and oxygen atoms in total. The Labute approximate surface area is 134 Å². The maximum absolute atomic E-state index is 12.5. The standard InChI is InChI=1S/C16H22N4O3/c1-9(2)6-7-17-14(21)11-8-10(3)18-13-12(11)15(22)20(5)16(23)19(13)4/h8-9H,6-7H2,1-5H3,(H,17,21). The van der Waals surface area contributed by atoms with E-state index in [4.69, 9.17) is 0 Å². The zero-order valence-electron chi connectivity index (χ0n) is 14.1. The summed E-state index contributed by atoms with van der Waals surface area (Å²) in [6.07, 6.45) is 0.851. The highest BCUT2D eigenvalue weighted by atomic mass is 16.2. The number of pyridine rings is 1. The summed E-state index contributed by atoms with van der Waals surface area (Å²) in [4.78, 5) is 41.2. The Hall–Kier alpha value is -2.44. The normalized spacial score (nSPS) is 11.2. The molecule has 0 aliphatic heterocycles. The van der Waals surface area contributed by atoms with E-state index in [0.717, 1.165) is 11.0 Å². The molecule has 1 N–H and O–H groups in total. The highest BCUT2D eigenvalue weighted by Crippen LogP contribution is 2.13. The first-order valence-corrected chi connectivity index (χ1v) is 7.59. The first-order chi connectivity index (χ1) is 10.7. The molecular weight excluding hydrogens is 296 g/mol. The summed E-state index contributed by atoms with van der Waals surface area (Å²) in [6.45, 7) is 6.41. The van der Waals surface area contributed by atoms with Gasteiger partial charge in [0.05, 0.1) is 10.9 Å². The van der Waals surface area contributed by atoms with Gasteiger partial charge in [0.25, 0.3) is 11.5 Å². The van der Waals surface area contributed by atoms with Crippen molar-refractivity contribution in [2.75, 3.05) is 6.54 Å². The van der Waals surface area contributed by atoms with E-state index in [-0.39, 0.29) is 22.5 Å². The number of hydrogen-bond donors (Lipinski definition) is 1. The quantitative estimate of drug-likeness (QED) is 0.900. The largest absolute Gasteiger partial charge is 0.352 e. The highest BCUT2D eigenvalue weighted by Gasteiger charge is 2.18. The van der Waals surface area contributed by atoms with Crippen LogP contribution in [0.3, 0.4) is 0 Å². The SMILES string of the molecule is Cc1cc(C(=O)NCCC(C)C)c2c(=O)n(C)c(=O)n(C)c2n1. The van der Waals surface area contributed by atoms with Crippen molar-refractivity contribution >= 4 is 16.9 Å². The molecule has 0 aliphatic rings. The second-order valence-corrected chi connectivity index (χ2v) is 6.15. The van der Waals surface area contributed by atoms with Gasteiger partial charge in [-0.1, -0.05) is 13.8 Å². The van der Waals surface area contributed by atoms with Crippen LogP contribution in [0.25, 0.3) is 11.0 Å². The van der Waals surface area contributed by atoms with Gasteiger partial charge in [0.15, 0.2) is 0 Å². The van der Waals surface area contributed by atoms with Crippen LogP contribution >= 0.6 is 0 Å². The minimum Gasteiger partial charge on any atom is -0.352 e. The lowest BCUT2D eigenvalue weighted by molar-refractivity contribution is 0.0953. The zero-order chi connectivity index (χ0) is 17.3. The molecule has 0 saturated carbocycles. The number of amides is 1. The van der Waals surface area contributed by atoms with E-state index in [9.17, 15) is 14.4 Å². The number of rotatable bonds is 4. The van der Waals surface area contributed by atoms with E-state index < -0.39 is 11.2 Å². The minimum atomic E-state index is -0.510. The number of nitrogens with one attached hydrogen (secondary N) is 1. The minimum absolute atomic E-state index is 0.169. The maximum atomic E-state index is 12.5. The Kier molecular flexibility index (Phi) is 4.68. The van der Waals surface area contributed by atoms with E-state index in [0.29, 0.717) is 18.2 Å². The van der Waals surface area contributed by atoms with Gasteiger partial charge in [0, 0.05) is 26.3 Å². The Bertz CT molecular complexity index is 877. The summed E-state index contributed by atoms with van der Waals surface area (Å²) in [5, 5.41) is 3.00. The molecule has 2 heterocycles. The Morgan fingerprint density at radius 3 is 2.52 bits per heavy atom. The lowest BCUT2D eigenvalue weighted by atomic mass is 10.1. The number of aromatic nitrogens is 3. The molecule has 0 unspecified atom stereocenters. The van der Waals surface area contributed by atoms with Gasteiger partial charge >= 0.3 is 5.69 Å². The molecule has 0 fully saturated rings. The van der Waals surface area contributed by atoms with Crippen LogP contribution in [-0.2, 0) is 14.1 Å². The molecule has 0 bridgehead atoms. The van der Waals surface area contributed by atoms with Crippen molar-refractivity contribution in [1.82, 2.24) is 19.4 Å². The number of fused-ring (bicyclic) bond motifs is 1. The van der Waals surface area contributed by atoms with Gasteiger partial charge in [-0.3, -0.25) is 18.7 Å². The van der Waals surface area contributed by atoms with Crippen LogP contribution in [0, 0.1) is 12.8 Å². The molecular formula is C16H22N4O3. The van der Waals surface area contributed by atoms with Crippen LogP contribution in [0.1, 0.15) is 36.3 Å². The van der Waals surface area contributed by atoms with Gasteiger partial charge in [-0.05, 0) is 25.3 Å². The number of aryl methyl sites for hydroxylation is 2. The molecule has 0 spiro atoms. The fraction of sp³-hybridized carbons (Fsp3) is 0.500. The van der Waals surface area contributed by atoms with Crippen LogP contribution < -0.4 is 16.6 Å². The molecule has 0 radical (unpaired) electrons. The van der Waals surface area contributed by atoms with Crippen molar-refractivity contribution in [2.45, 2.75) is 27.2 Å². The summed E-state index contributed by atoms with van der Waals surface area (Å²) < 4.78 is 2.28. The lowest BCUT2D eigenvalue weighted by Gasteiger charge is -2.12. The molecule has 0 atom stereocenters. The van der Waals surface area contributed by atoms with Crippen molar-refractivity contribution in [3.05, 3.63) is 38.2 Å². The van der Waals surface area contributed by atoms with Crippen LogP contribution in [0.2, 0.25) is 0 Å². The topological polar surface area (TPSA) is 86.0 Å².